The lowest BCUT2D eigenvalue weighted by Crippen LogP contribution is -2.01. The van der Waals surface area contributed by atoms with Gasteiger partial charge in [0.15, 0.2) is 0 Å². The van der Waals surface area contributed by atoms with Crippen LogP contribution in [0.15, 0.2) is 42.9 Å². The van der Waals surface area contributed by atoms with E-state index in [-0.39, 0.29) is 0 Å². The second-order valence-electron chi connectivity index (χ2n) is 4.00. The lowest BCUT2D eigenvalue weighted by atomic mass is 10.3. The van der Waals surface area contributed by atoms with Crippen LogP contribution >= 0.6 is 0 Å². The molecular weight excluding hydrogens is 228 g/mol. The molecule has 0 saturated carbocycles. The summed E-state index contributed by atoms with van der Waals surface area (Å²) in [6.45, 7) is 0.612. The summed E-state index contributed by atoms with van der Waals surface area (Å²) in [6, 6.07) is 7.72. The number of hydrogen-bond donors (Lipinski definition) is 0. The number of hydrogen-bond acceptors (Lipinski definition) is 4. The number of pyridine rings is 1. The first kappa shape index (κ1) is 10.6. The average Bonchev–Trinajstić information content (AvgIpc) is 2.99. The van der Waals surface area contributed by atoms with E-state index in [0.29, 0.717) is 6.54 Å². The van der Waals surface area contributed by atoms with Gasteiger partial charge >= 0.3 is 0 Å². The molecule has 0 aliphatic heterocycles. The molecule has 0 radical (unpaired) electrons. The molecule has 0 aliphatic rings. The van der Waals surface area contributed by atoms with Gasteiger partial charge in [0.25, 0.3) is 0 Å². The van der Waals surface area contributed by atoms with Crippen LogP contribution in [-0.4, -0.2) is 29.8 Å². The van der Waals surface area contributed by atoms with E-state index in [1.54, 1.807) is 15.6 Å². The Hall–Kier alpha value is -2.50. The molecule has 0 spiro atoms. The summed E-state index contributed by atoms with van der Waals surface area (Å²) in [6.07, 6.45) is 5.52. The van der Waals surface area contributed by atoms with Crippen molar-refractivity contribution in [2.75, 3.05) is 0 Å². The van der Waals surface area contributed by atoms with Crippen LogP contribution < -0.4 is 0 Å². The van der Waals surface area contributed by atoms with Gasteiger partial charge in [-0.25, -0.2) is 4.68 Å². The largest absolute Gasteiger partial charge is 0.275 e. The molecule has 0 saturated heterocycles. The predicted octanol–water partition coefficient (Wildman–Crippen LogP) is 1.12. The first-order valence-corrected chi connectivity index (χ1v) is 5.61. The summed E-state index contributed by atoms with van der Waals surface area (Å²) in [5.41, 5.74) is 2.55. The highest BCUT2D eigenvalue weighted by Gasteiger charge is 2.06. The first-order valence-electron chi connectivity index (χ1n) is 5.61. The third kappa shape index (κ3) is 2.13. The molecule has 0 amide bonds. The molecule has 18 heavy (non-hydrogen) atoms. The SMILES string of the molecule is Cn1ccc(-c2cn(Cc3ccccn3)nn2)n1. The molecule has 3 aromatic rings. The van der Waals surface area contributed by atoms with Crippen LogP contribution in [0.2, 0.25) is 0 Å². The van der Waals surface area contributed by atoms with Gasteiger partial charge in [-0.05, 0) is 18.2 Å². The molecule has 0 unspecified atom stereocenters. The maximum Gasteiger partial charge on any atom is 0.133 e. The van der Waals surface area contributed by atoms with Gasteiger partial charge in [0.1, 0.15) is 11.4 Å². The zero-order valence-electron chi connectivity index (χ0n) is 9.93. The monoisotopic (exact) mass is 240 g/mol. The van der Waals surface area contributed by atoms with E-state index in [2.05, 4.69) is 20.4 Å². The smallest absolute Gasteiger partial charge is 0.133 e. The zero-order chi connectivity index (χ0) is 12.4. The lowest BCUT2D eigenvalue weighted by molar-refractivity contribution is 0.638. The molecular formula is C12H12N6. The van der Waals surface area contributed by atoms with Gasteiger partial charge in [0.05, 0.1) is 18.4 Å². The van der Waals surface area contributed by atoms with Crippen molar-refractivity contribution in [2.45, 2.75) is 6.54 Å². The molecule has 0 bridgehead atoms. The van der Waals surface area contributed by atoms with Crippen LogP contribution in [0.5, 0.6) is 0 Å². The average molecular weight is 240 g/mol. The van der Waals surface area contributed by atoms with Crippen molar-refractivity contribution >= 4 is 0 Å². The van der Waals surface area contributed by atoms with Gasteiger partial charge in [0, 0.05) is 19.4 Å². The highest BCUT2D eigenvalue weighted by molar-refractivity contribution is 5.50. The Morgan fingerprint density at radius 1 is 1.17 bits per heavy atom. The normalized spacial score (nSPS) is 10.7. The minimum atomic E-state index is 0.612. The Bertz CT molecular complexity index is 639. The van der Waals surface area contributed by atoms with Crippen molar-refractivity contribution in [3.05, 3.63) is 48.5 Å². The van der Waals surface area contributed by atoms with Crippen LogP contribution in [0, 0.1) is 0 Å². The highest BCUT2D eigenvalue weighted by atomic mass is 15.4. The minimum absolute atomic E-state index is 0.612. The lowest BCUT2D eigenvalue weighted by Gasteiger charge is -1.97. The van der Waals surface area contributed by atoms with Gasteiger partial charge < -0.3 is 0 Å². The Kier molecular flexibility index (Phi) is 2.60. The Balaban J connectivity index is 1.82. The predicted molar refractivity (Wildman–Crippen MR) is 65.6 cm³/mol. The van der Waals surface area contributed by atoms with E-state index < -0.39 is 0 Å². The van der Waals surface area contributed by atoms with Crippen molar-refractivity contribution in [3.63, 3.8) is 0 Å². The highest BCUT2D eigenvalue weighted by Crippen LogP contribution is 2.12. The molecule has 3 rings (SSSR count). The zero-order valence-corrected chi connectivity index (χ0v) is 9.93. The third-order valence-electron chi connectivity index (χ3n) is 2.56. The van der Waals surface area contributed by atoms with Crippen LogP contribution in [0.4, 0.5) is 0 Å². The summed E-state index contributed by atoms with van der Waals surface area (Å²) < 4.78 is 3.50. The fraction of sp³-hybridized carbons (Fsp3) is 0.167. The van der Waals surface area contributed by atoms with Crippen LogP contribution in [0.3, 0.4) is 0 Å². The Morgan fingerprint density at radius 3 is 2.83 bits per heavy atom. The van der Waals surface area contributed by atoms with Gasteiger partial charge in [-0.2, -0.15) is 5.10 Å². The molecule has 0 fully saturated rings. The number of aryl methyl sites for hydroxylation is 1. The molecule has 0 atom stereocenters. The van der Waals surface area contributed by atoms with Gasteiger partial charge in [-0.15, -0.1) is 5.10 Å². The van der Waals surface area contributed by atoms with Gasteiger partial charge in [-0.3, -0.25) is 9.67 Å². The second-order valence-corrected chi connectivity index (χ2v) is 4.00. The molecule has 3 aromatic heterocycles. The molecule has 6 nitrogen and oxygen atoms in total. The summed E-state index contributed by atoms with van der Waals surface area (Å²) in [5.74, 6) is 0. The van der Waals surface area contributed by atoms with Crippen molar-refractivity contribution < 1.29 is 0 Å². The summed E-state index contributed by atoms with van der Waals surface area (Å²) >= 11 is 0. The Morgan fingerprint density at radius 2 is 2.11 bits per heavy atom. The van der Waals surface area contributed by atoms with Crippen molar-refractivity contribution in [1.82, 2.24) is 29.8 Å². The topological polar surface area (TPSA) is 61.4 Å². The molecule has 90 valence electrons. The first-order chi connectivity index (χ1) is 8.81. The number of nitrogens with zero attached hydrogens (tertiary/aromatic N) is 6. The van der Waals surface area contributed by atoms with Crippen LogP contribution in [0.1, 0.15) is 5.69 Å². The van der Waals surface area contributed by atoms with E-state index in [1.165, 1.54) is 0 Å². The summed E-state index contributed by atoms with van der Waals surface area (Å²) in [7, 11) is 1.88. The van der Waals surface area contributed by atoms with E-state index in [9.17, 15) is 0 Å². The minimum Gasteiger partial charge on any atom is -0.275 e. The van der Waals surface area contributed by atoms with E-state index >= 15 is 0 Å². The Labute approximate surface area is 104 Å². The summed E-state index contributed by atoms with van der Waals surface area (Å²) in [5, 5.41) is 12.5. The second kappa shape index (κ2) is 4.40. The molecule has 0 aromatic carbocycles. The van der Waals surface area contributed by atoms with Crippen LogP contribution in [-0.2, 0) is 13.6 Å². The van der Waals surface area contributed by atoms with Crippen molar-refractivity contribution in [2.24, 2.45) is 7.05 Å². The fourth-order valence-corrected chi connectivity index (χ4v) is 1.70. The van der Waals surface area contributed by atoms with Crippen LogP contribution in [0.25, 0.3) is 11.4 Å². The third-order valence-corrected chi connectivity index (χ3v) is 2.56. The summed E-state index contributed by atoms with van der Waals surface area (Å²) in [4.78, 5) is 4.25. The van der Waals surface area contributed by atoms with Crippen molar-refractivity contribution in [1.29, 1.82) is 0 Å². The van der Waals surface area contributed by atoms with E-state index in [0.717, 1.165) is 17.1 Å². The fourth-order valence-electron chi connectivity index (χ4n) is 1.70. The number of rotatable bonds is 3. The molecule has 3 heterocycles. The number of aromatic nitrogens is 6. The molecule has 6 heteroatoms. The molecule has 0 aliphatic carbocycles. The van der Waals surface area contributed by atoms with Crippen molar-refractivity contribution in [3.8, 4) is 11.4 Å². The van der Waals surface area contributed by atoms with Gasteiger partial charge in [0.2, 0.25) is 0 Å². The maximum atomic E-state index is 4.29. The molecule has 0 N–H and O–H groups in total. The standard InChI is InChI=1S/C12H12N6/c1-17-7-5-11(15-17)12-9-18(16-14-12)8-10-4-2-3-6-13-10/h2-7,9H,8H2,1H3. The van der Waals surface area contributed by atoms with E-state index in [1.807, 2.05) is 43.7 Å². The maximum absolute atomic E-state index is 4.29. The van der Waals surface area contributed by atoms with Gasteiger partial charge in [-0.1, -0.05) is 11.3 Å². The van der Waals surface area contributed by atoms with E-state index in [4.69, 9.17) is 0 Å². The quantitative estimate of drug-likeness (QED) is 0.688.